The van der Waals surface area contributed by atoms with Gasteiger partial charge in [-0.25, -0.2) is 8.42 Å². The number of nitrogens with zero attached hydrogens (tertiary/aromatic N) is 2. The van der Waals surface area contributed by atoms with Gasteiger partial charge in [-0.1, -0.05) is 13.0 Å². The quantitative estimate of drug-likeness (QED) is 0.626. The molecule has 0 bridgehead atoms. The Bertz CT molecular complexity index is 671. The number of likely N-dealkylation sites (tertiary alicyclic amines) is 1. The molecule has 0 aliphatic carbocycles. The van der Waals surface area contributed by atoms with Gasteiger partial charge in [-0.15, -0.1) is 11.3 Å². The summed E-state index contributed by atoms with van der Waals surface area (Å²) in [6.07, 6.45) is 4.23. The number of guanidine groups is 1. The van der Waals surface area contributed by atoms with Gasteiger partial charge in [-0.05, 0) is 49.0 Å². The molecule has 0 radical (unpaired) electrons. The minimum Gasteiger partial charge on any atom is -0.356 e. The molecule has 25 heavy (non-hydrogen) atoms. The van der Waals surface area contributed by atoms with E-state index in [-0.39, 0.29) is 5.92 Å². The lowest BCUT2D eigenvalue weighted by molar-refractivity contribution is 0.265. The first-order valence-corrected chi connectivity index (χ1v) is 12.0. The summed E-state index contributed by atoms with van der Waals surface area (Å²) in [6.45, 7) is 5.85. The van der Waals surface area contributed by atoms with E-state index < -0.39 is 9.84 Å². The maximum Gasteiger partial charge on any atom is 0.193 e. The van der Waals surface area contributed by atoms with Crippen LogP contribution in [0.5, 0.6) is 0 Å². The van der Waals surface area contributed by atoms with E-state index in [1.54, 1.807) is 11.3 Å². The van der Waals surface area contributed by atoms with E-state index in [0.717, 1.165) is 38.4 Å². The number of nitrogens with one attached hydrogen (secondary N) is 1. The summed E-state index contributed by atoms with van der Waals surface area (Å²) in [5, 5.41) is 5.63. The van der Waals surface area contributed by atoms with E-state index in [9.17, 15) is 8.42 Å². The van der Waals surface area contributed by atoms with Crippen LogP contribution in [0, 0.1) is 11.8 Å². The Morgan fingerprint density at radius 1 is 1.44 bits per heavy atom. The molecule has 2 saturated heterocycles. The second kappa shape index (κ2) is 8.54. The third-order valence-electron chi connectivity index (χ3n) is 5.02. The maximum atomic E-state index is 11.7. The van der Waals surface area contributed by atoms with Crippen LogP contribution < -0.4 is 5.32 Å². The summed E-state index contributed by atoms with van der Waals surface area (Å²) in [6, 6.07) is 4.25. The largest absolute Gasteiger partial charge is 0.356 e. The fourth-order valence-corrected chi connectivity index (χ4v) is 6.19. The van der Waals surface area contributed by atoms with Gasteiger partial charge in [-0.3, -0.25) is 4.99 Å². The van der Waals surface area contributed by atoms with Gasteiger partial charge in [-0.2, -0.15) is 0 Å². The molecule has 1 aromatic heterocycles. The predicted octanol–water partition coefficient (Wildman–Crippen LogP) is 2.40. The molecular weight excluding hydrogens is 354 g/mol. The van der Waals surface area contributed by atoms with Crippen LogP contribution in [0.4, 0.5) is 0 Å². The number of piperidine rings is 1. The minimum atomic E-state index is -2.83. The zero-order valence-corrected chi connectivity index (χ0v) is 16.6. The van der Waals surface area contributed by atoms with Gasteiger partial charge >= 0.3 is 0 Å². The zero-order valence-electron chi connectivity index (χ0n) is 15.0. The molecule has 3 heterocycles. The number of hydrogen-bond donors (Lipinski definition) is 1. The molecule has 1 aromatic rings. The van der Waals surface area contributed by atoms with Crippen molar-refractivity contribution in [3.63, 3.8) is 0 Å². The highest BCUT2D eigenvalue weighted by atomic mass is 32.2. The van der Waals surface area contributed by atoms with Crippen molar-refractivity contribution in [3.8, 4) is 0 Å². The van der Waals surface area contributed by atoms with Gasteiger partial charge in [0, 0.05) is 31.1 Å². The molecule has 3 rings (SSSR count). The SMILES string of the molecule is CC1CCCN(C(=NCC2CCS(=O)(=O)C2)NCCc2cccs2)C1. The normalized spacial score (nSPS) is 26.8. The highest BCUT2D eigenvalue weighted by Gasteiger charge is 2.28. The third-order valence-corrected chi connectivity index (χ3v) is 7.79. The van der Waals surface area contributed by atoms with Crippen molar-refractivity contribution < 1.29 is 8.42 Å². The van der Waals surface area contributed by atoms with Crippen molar-refractivity contribution in [1.82, 2.24) is 10.2 Å². The summed E-state index contributed by atoms with van der Waals surface area (Å²) >= 11 is 1.78. The molecular formula is C18H29N3O2S2. The van der Waals surface area contributed by atoms with Crippen LogP contribution in [0.3, 0.4) is 0 Å². The van der Waals surface area contributed by atoms with E-state index in [1.165, 1.54) is 17.7 Å². The van der Waals surface area contributed by atoms with Crippen LogP contribution in [-0.4, -0.2) is 57.0 Å². The highest BCUT2D eigenvalue weighted by molar-refractivity contribution is 7.91. The molecule has 0 amide bonds. The maximum absolute atomic E-state index is 11.7. The smallest absolute Gasteiger partial charge is 0.193 e. The lowest BCUT2D eigenvalue weighted by Crippen LogP contribution is -2.47. The summed E-state index contributed by atoms with van der Waals surface area (Å²) < 4.78 is 23.3. The summed E-state index contributed by atoms with van der Waals surface area (Å²) in [5.41, 5.74) is 0. The van der Waals surface area contributed by atoms with Gasteiger partial charge in [0.25, 0.3) is 0 Å². The number of rotatable bonds is 5. The summed E-state index contributed by atoms with van der Waals surface area (Å²) in [5.74, 6) is 2.46. The molecule has 7 heteroatoms. The van der Waals surface area contributed by atoms with Crippen molar-refractivity contribution in [2.75, 3.05) is 37.7 Å². The van der Waals surface area contributed by atoms with Crippen LogP contribution in [-0.2, 0) is 16.3 Å². The Kier molecular flexibility index (Phi) is 6.39. The highest BCUT2D eigenvalue weighted by Crippen LogP contribution is 2.20. The van der Waals surface area contributed by atoms with Crippen molar-refractivity contribution in [3.05, 3.63) is 22.4 Å². The second-order valence-electron chi connectivity index (χ2n) is 7.38. The molecule has 0 saturated carbocycles. The number of aliphatic imine (C=N–C) groups is 1. The van der Waals surface area contributed by atoms with Crippen molar-refractivity contribution in [1.29, 1.82) is 0 Å². The summed E-state index contributed by atoms with van der Waals surface area (Å²) in [7, 11) is -2.83. The van der Waals surface area contributed by atoms with E-state index in [2.05, 4.69) is 34.7 Å². The van der Waals surface area contributed by atoms with Gasteiger partial charge < -0.3 is 10.2 Å². The number of hydrogen-bond acceptors (Lipinski definition) is 4. The molecule has 5 nitrogen and oxygen atoms in total. The predicted molar refractivity (Wildman–Crippen MR) is 105 cm³/mol. The molecule has 2 unspecified atom stereocenters. The number of sulfone groups is 1. The van der Waals surface area contributed by atoms with Gasteiger partial charge in [0.2, 0.25) is 0 Å². The third kappa shape index (κ3) is 5.71. The Morgan fingerprint density at radius 2 is 2.32 bits per heavy atom. The topological polar surface area (TPSA) is 61.8 Å². The minimum absolute atomic E-state index is 0.182. The fourth-order valence-electron chi connectivity index (χ4n) is 3.63. The number of thiophene rings is 1. The monoisotopic (exact) mass is 383 g/mol. The Balaban J connectivity index is 1.59. The van der Waals surface area contributed by atoms with Crippen molar-refractivity contribution in [2.24, 2.45) is 16.8 Å². The lowest BCUT2D eigenvalue weighted by Gasteiger charge is -2.34. The van der Waals surface area contributed by atoms with Crippen LogP contribution in [0.2, 0.25) is 0 Å². The van der Waals surface area contributed by atoms with Gasteiger partial charge in [0.1, 0.15) is 0 Å². The lowest BCUT2D eigenvalue weighted by atomic mass is 10.0. The van der Waals surface area contributed by atoms with E-state index in [0.29, 0.717) is 24.0 Å². The van der Waals surface area contributed by atoms with Crippen molar-refractivity contribution in [2.45, 2.75) is 32.6 Å². The fraction of sp³-hybridized carbons (Fsp3) is 0.722. The van der Waals surface area contributed by atoms with Crippen molar-refractivity contribution >= 4 is 27.1 Å². The van der Waals surface area contributed by atoms with Gasteiger partial charge in [0.15, 0.2) is 15.8 Å². The van der Waals surface area contributed by atoms with Crippen LogP contribution in [0.15, 0.2) is 22.5 Å². The average Bonchev–Trinajstić information content (AvgIpc) is 3.20. The summed E-state index contributed by atoms with van der Waals surface area (Å²) in [4.78, 5) is 8.55. The van der Waals surface area contributed by atoms with Gasteiger partial charge in [0.05, 0.1) is 11.5 Å². The molecule has 2 aliphatic heterocycles. The van der Waals surface area contributed by atoms with Crippen LogP contribution in [0.25, 0.3) is 0 Å². The molecule has 140 valence electrons. The average molecular weight is 384 g/mol. The molecule has 0 spiro atoms. The van der Waals surface area contributed by atoms with Crippen LogP contribution in [0.1, 0.15) is 31.1 Å². The first-order chi connectivity index (χ1) is 12.0. The molecule has 0 aromatic carbocycles. The van der Waals surface area contributed by atoms with Crippen LogP contribution >= 0.6 is 11.3 Å². The molecule has 1 N–H and O–H groups in total. The first-order valence-electron chi connectivity index (χ1n) is 9.28. The first kappa shape index (κ1) is 18.7. The Morgan fingerprint density at radius 3 is 3.00 bits per heavy atom. The molecule has 2 aliphatic rings. The zero-order chi connectivity index (χ0) is 17.7. The Labute approximate surface area is 155 Å². The van der Waals surface area contributed by atoms with E-state index in [4.69, 9.17) is 4.99 Å². The standard InChI is InChI=1S/C18H29N3O2S2/c1-15-4-2-9-21(13-15)18(19-8-6-17-5-3-10-24-17)20-12-16-7-11-25(22,23)14-16/h3,5,10,15-16H,2,4,6-9,11-14H2,1H3,(H,19,20). The molecule has 2 atom stereocenters. The second-order valence-corrected chi connectivity index (χ2v) is 10.6. The van der Waals surface area contributed by atoms with E-state index >= 15 is 0 Å². The van der Waals surface area contributed by atoms with E-state index in [1.807, 2.05) is 0 Å². The Hall–Kier alpha value is -1.08. The molecule has 2 fully saturated rings.